The number of rotatable bonds is 10. The van der Waals surface area contributed by atoms with Crippen LogP contribution in [0.1, 0.15) is 46.0 Å². The average Bonchev–Trinajstić information content (AvgIpc) is 2.79. The fraction of sp³-hybridized carbons (Fsp3) is 0.867. The molecule has 3 unspecified atom stereocenters. The summed E-state index contributed by atoms with van der Waals surface area (Å²) in [7, 11) is 0. The van der Waals surface area contributed by atoms with E-state index in [0.717, 1.165) is 19.3 Å². The molecule has 1 aliphatic heterocycles. The fourth-order valence-electron chi connectivity index (χ4n) is 2.26. The lowest BCUT2D eigenvalue weighted by atomic mass is 9.99. The molecule has 0 aromatic heterocycles. The highest BCUT2D eigenvalue weighted by atomic mass is 79.9. The smallest absolute Gasteiger partial charge is 0.319 e. The predicted molar refractivity (Wildman–Crippen MR) is 82.3 cm³/mol. The molecule has 0 N–H and O–H groups in total. The molecule has 122 valence electrons. The van der Waals surface area contributed by atoms with Crippen molar-refractivity contribution in [1.29, 1.82) is 0 Å². The third kappa shape index (κ3) is 6.78. The van der Waals surface area contributed by atoms with Crippen LogP contribution in [0.25, 0.3) is 0 Å². The summed E-state index contributed by atoms with van der Waals surface area (Å²) >= 11 is 3.27. The second-order valence-electron chi connectivity index (χ2n) is 5.23. The number of halogens is 1. The van der Waals surface area contributed by atoms with Crippen molar-refractivity contribution in [2.24, 2.45) is 5.92 Å². The molecule has 1 saturated heterocycles. The minimum Gasteiger partial charge on any atom is -0.465 e. The molecule has 0 aliphatic carbocycles. The summed E-state index contributed by atoms with van der Waals surface area (Å²) in [5, 5.41) is 0. The van der Waals surface area contributed by atoms with Gasteiger partial charge in [-0.1, -0.05) is 35.7 Å². The summed E-state index contributed by atoms with van der Waals surface area (Å²) in [4.78, 5) is 22.9. The molecular weight excluding hydrogens is 340 g/mol. The highest BCUT2D eigenvalue weighted by Gasteiger charge is 2.37. The number of hydrogen-bond acceptors (Lipinski definition) is 5. The van der Waals surface area contributed by atoms with Gasteiger partial charge in [-0.2, -0.15) is 0 Å². The molecule has 5 nitrogen and oxygen atoms in total. The number of carbonyl (C=O) groups is 2. The zero-order valence-electron chi connectivity index (χ0n) is 12.8. The summed E-state index contributed by atoms with van der Waals surface area (Å²) < 4.78 is 15.7. The van der Waals surface area contributed by atoms with E-state index in [0.29, 0.717) is 32.7 Å². The van der Waals surface area contributed by atoms with Crippen LogP contribution in [-0.4, -0.2) is 42.7 Å². The lowest BCUT2D eigenvalue weighted by Gasteiger charge is -2.11. The number of cyclic esters (lactones) is 1. The van der Waals surface area contributed by atoms with Gasteiger partial charge in [-0.15, -0.1) is 0 Å². The number of esters is 2. The molecule has 0 bridgehead atoms. The molecule has 1 heterocycles. The first kappa shape index (κ1) is 18.4. The van der Waals surface area contributed by atoms with Crippen LogP contribution in [0.2, 0.25) is 0 Å². The zero-order valence-corrected chi connectivity index (χ0v) is 14.4. The standard InChI is InChI=1S/C15H25BrO5/c1-3-5-6-7-19-10-12-8-11(14(17)21-12)9-13(16)15(18)20-4-2/h11-13H,3-10H2,1-2H3. The summed E-state index contributed by atoms with van der Waals surface area (Å²) in [6, 6.07) is 0. The molecule has 1 rings (SSSR count). The summed E-state index contributed by atoms with van der Waals surface area (Å²) in [5.41, 5.74) is 0. The Kier molecular flexibility index (Phi) is 8.92. The minimum atomic E-state index is -0.459. The minimum absolute atomic E-state index is 0.189. The molecular formula is C15H25BrO5. The predicted octanol–water partition coefficient (Wildman–Crippen LogP) is 2.84. The third-order valence-electron chi connectivity index (χ3n) is 3.39. The summed E-state index contributed by atoms with van der Waals surface area (Å²) in [6.45, 7) is 5.38. The van der Waals surface area contributed by atoms with Gasteiger partial charge in [0.15, 0.2) is 0 Å². The van der Waals surface area contributed by atoms with Gasteiger partial charge in [-0.05, 0) is 26.2 Å². The quantitative estimate of drug-likeness (QED) is 0.338. The van der Waals surface area contributed by atoms with Crippen molar-refractivity contribution in [2.75, 3.05) is 19.8 Å². The van der Waals surface area contributed by atoms with Crippen molar-refractivity contribution in [3.8, 4) is 0 Å². The van der Waals surface area contributed by atoms with Crippen molar-refractivity contribution in [3.05, 3.63) is 0 Å². The molecule has 0 spiro atoms. The second-order valence-corrected chi connectivity index (χ2v) is 6.33. The normalized spacial score (nSPS) is 22.9. The van der Waals surface area contributed by atoms with Gasteiger partial charge in [0.2, 0.25) is 0 Å². The summed E-state index contributed by atoms with van der Waals surface area (Å²) in [5.74, 6) is -0.835. The van der Waals surface area contributed by atoms with E-state index in [1.807, 2.05) is 0 Å². The lowest BCUT2D eigenvalue weighted by molar-refractivity contribution is -0.146. The Morgan fingerprint density at radius 2 is 2.19 bits per heavy atom. The van der Waals surface area contributed by atoms with Crippen LogP contribution in [-0.2, 0) is 23.8 Å². The monoisotopic (exact) mass is 364 g/mol. The van der Waals surface area contributed by atoms with Gasteiger partial charge in [0, 0.05) is 6.61 Å². The highest BCUT2D eigenvalue weighted by molar-refractivity contribution is 9.10. The first-order valence-electron chi connectivity index (χ1n) is 7.67. The van der Waals surface area contributed by atoms with E-state index < -0.39 is 4.83 Å². The van der Waals surface area contributed by atoms with Crippen molar-refractivity contribution in [2.45, 2.75) is 56.9 Å². The maximum atomic E-state index is 11.8. The van der Waals surface area contributed by atoms with Crippen molar-refractivity contribution < 1.29 is 23.8 Å². The van der Waals surface area contributed by atoms with Crippen molar-refractivity contribution in [3.63, 3.8) is 0 Å². The average molecular weight is 365 g/mol. The van der Waals surface area contributed by atoms with E-state index in [1.165, 1.54) is 0 Å². The SMILES string of the molecule is CCCCCOCC1CC(CC(Br)C(=O)OCC)C(=O)O1. The third-order valence-corrected chi connectivity index (χ3v) is 4.14. The van der Waals surface area contributed by atoms with Crippen LogP contribution >= 0.6 is 15.9 Å². The molecule has 1 fully saturated rings. The topological polar surface area (TPSA) is 61.8 Å². The molecule has 3 atom stereocenters. The van der Waals surface area contributed by atoms with Crippen LogP contribution < -0.4 is 0 Å². The first-order valence-corrected chi connectivity index (χ1v) is 8.58. The van der Waals surface area contributed by atoms with E-state index >= 15 is 0 Å². The molecule has 21 heavy (non-hydrogen) atoms. The molecule has 0 amide bonds. The van der Waals surface area contributed by atoms with Crippen LogP contribution in [0.5, 0.6) is 0 Å². The van der Waals surface area contributed by atoms with Crippen LogP contribution in [0, 0.1) is 5.92 Å². The van der Waals surface area contributed by atoms with Gasteiger partial charge in [0.1, 0.15) is 10.9 Å². The Balaban J connectivity index is 2.26. The molecule has 0 radical (unpaired) electrons. The van der Waals surface area contributed by atoms with Crippen LogP contribution in [0.15, 0.2) is 0 Å². The van der Waals surface area contributed by atoms with E-state index in [2.05, 4.69) is 22.9 Å². The molecule has 1 aliphatic rings. The van der Waals surface area contributed by atoms with Crippen molar-refractivity contribution in [1.82, 2.24) is 0 Å². The Morgan fingerprint density at radius 1 is 1.43 bits per heavy atom. The Labute approximate surface area is 134 Å². The van der Waals surface area contributed by atoms with Gasteiger partial charge < -0.3 is 14.2 Å². The maximum absolute atomic E-state index is 11.8. The van der Waals surface area contributed by atoms with E-state index in [9.17, 15) is 9.59 Å². The Hall–Kier alpha value is -0.620. The lowest BCUT2D eigenvalue weighted by Crippen LogP contribution is -2.22. The van der Waals surface area contributed by atoms with Crippen LogP contribution in [0.4, 0.5) is 0 Å². The largest absolute Gasteiger partial charge is 0.465 e. The maximum Gasteiger partial charge on any atom is 0.319 e. The molecule has 6 heteroatoms. The van der Waals surface area contributed by atoms with E-state index in [1.54, 1.807) is 6.92 Å². The molecule has 0 aromatic rings. The summed E-state index contributed by atoms with van der Waals surface area (Å²) in [6.07, 6.45) is 4.17. The first-order chi connectivity index (χ1) is 10.1. The number of carbonyl (C=O) groups excluding carboxylic acids is 2. The Bertz CT molecular complexity index is 334. The zero-order chi connectivity index (χ0) is 15.7. The number of alkyl halides is 1. The number of hydrogen-bond donors (Lipinski definition) is 0. The van der Waals surface area contributed by atoms with Crippen molar-refractivity contribution >= 4 is 27.9 Å². The fourth-order valence-corrected chi connectivity index (χ4v) is 2.85. The van der Waals surface area contributed by atoms with E-state index in [-0.39, 0.29) is 24.0 Å². The molecule has 0 saturated carbocycles. The van der Waals surface area contributed by atoms with Gasteiger partial charge in [-0.25, -0.2) is 0 Å². The van der Waals surface area contributed by atoms with Gasteiger partial charge in [0.25, 0.3) is 0 Å². The van der Waals surface area contributed by atoms with Gasteiger partial charge in [-0.3, -0.25) is 9.59 Å². The van der Waals surface area contributed by atoms with Gasteiger partial charge in [0.05, 0.1) is 19.1 Å². The van der Waals surface area contributed by atoms with Gasteiger partial charge >= 0.3 is 11.9 Å². The number of ether oxygens (including phenoxy) is 3. The number of unbranched alkanes of at least 4 members (excludes halogenated alkanes) is 2. The molecule has 0 aromatic carbocycles. The Morgan fingerprint density at radius 3 is 2.86 bits per heavy atom. The van der Waals surface area contributed by atoms with E-state index in [4.69, 9.17) is 14.2 Å². The highest BCUT2D eigenvalue weighted by Crippen LogP contribution is 2.28. The second kappa shape index (κ2) is 10.2. The van der Waals surface area contributed by atoms with Crippen LogP contribution in [0.3, 0.4) is 0 Å².